The van der Waals surface area contributed by atoms with Gasteiger partial charge < -0.3 is 10.2 Å². The van der Waals surface area contributed by atoms with Crippen molar-refractivity contribution in [1.29, 1.82) is 0 Å². The summed E-state index contributed by atoms with van der Waals surface area (Å²) in [5.41, 5.74) is 4.94. The number of carbonyl (C=O) groups excluding carboxylic acids is 2. The second kappa shape index (κ2) is 7.18. The van der Waals surface area contributed by atoms with Crippen molar-refractivity contribution >= 4 is 17.5 Å². The summed E-state index contributed by atoms with van der Waals surface area (Å²) in [4.78, 5) is 28.1. The highest BCUT2D eigenvalue weighted by atomic mass is 16.2. The fraction of sp³-hybridized carbons (Fsp3) is 0.391. The van der Waals surface area contributed by atoms with Crippen molar-refractivity contribution in [2.24, 2.45) is 0 Å². The Morgan fingerprint density at radius 2 is 1.85 bits per heavy atom. The zero-order chi connectivity index (χ0) is 19.0. The topological polar surface area (TPSA) is 49.4 Å². The average Bonchev–Trinajstić information content (AvgIpc) is 3.02. The molecule has 140 valence electrons. The number of hydrogen-bond acceptors (Lipinski definition) is 2. The minimum Gasteiger partial charge on any atom is -0.331 e. The van der Waals surface area contributed by atoms with Gasteiger partial charge in [0.2, 0.25) is 0 Å². The minimum absolute atomic E-state index is 0.0172. The summed E-state index contributed by atoms with van der Waals surface area (Å²) in [5.74, 6) is -0.192. The van der Waals surface area contributed by atoms with Crippen LogP contribution >= 0.6 is 0 Å². The quantitative estimate of drug-likeness (QED) is 0.849. The molecule has 0 aromatic heterocycles. The number of amides is 2. The van der Waals surface area contributed by atoms with Crippen LogP contribution in [0.2, 0.25) is 0 Å². The molecule has 1 saturated carbocycles. The molecule has 1 N–H and O–H groups in total. The molecule has 0 atom stereocenters. The van der Waals surface area contributed by atoms with E-state index in [9.17, 15) is 9.59 Å². The van der Waals surface area contributed by atoms with E-state index in [2.05, 4.69) is 5.32 Å². The van der Waals surface area contributed by atoms with Gasteiger partial charge in [0, 0.05) is 18.3 Å². The molecule has 2 aromatic carbocycles. The van der Waals surface area contributed by atoms with E-state index >= 15 is 0 Å². The standard InChI is InChI=1S/C23H26N2O2/c1-15-11-12-16(2)20(13-15)24-22(26)19-10-6-7-17-14-25(23(27)21(17)19)18-8-4-3-5-9-18/h6-7,10-13,18H,3-5,8-9,14H2,1-2H3,(H,24,26). The number of nitrogens with zero attached hydrogens (tertiary/aromatic N) is 1. The van der Waals surface area contributed by atoms with Crippen LogP contribution in [0.5, 0.6) is 0 Å². The van der Waals surface area contributed by atoms with Crippen LogP contribution < -0.4 is 5.32 Å². The molecule has 4 heteroatoms. The third kappa shape index (κ3) is 3.36. The zero-order valence-electron chi connectivity index (χ0n) is 16.0. The van der Waals surface area contributed by atoms with Crippen molar-refractivity contribution in [3.8, 4) is 0 Å². The van der Waals surface area contributed by atoms with E-state index in [0.29, 0.717) is 23.7 Å². The predicted octanol–water partition coefficient (Wildman–Crippen LogP) is 4.84. The number of anilines is 1. The maximum atomic E-state index is 13.1. The van der Waals surface area contributed by atoms with Crippen molar-refractivity contribution in [1.82, 2.24) is 4.90 Å². The molecular formula is C23H26N2O2. The van der Waals surface area contributed by atoms with Gasteiger partial charge in [0.25, 0.3) is 11.8 Å². The van der Waals surface area contributed by atoms with E-state index in [-0.39, 0.29) is 11.8 Å². The second-order valence-corrected chi connectivity index (χ2v) is 7.84. The van der Waals surface area contributed by atoms with Gasteiger partial charge in [-0.1, -0.05) is 43.5 Å². The molecule has 0 saturated heterocycles. The van der Waals surface area contributed by atoms with Gasteiger partial charge in [0.15, 0.2) is 0 Å². The summed E-state index contributed by atoms with van der Waals surface area (Å²) < 4.78 is 0. The Morgan fingerprint density at radius 3 is 2.63 bits per heavy atom. The molecule has 4 nitrogen and oxygen atoms in total. The predicted molar refractivity (Wildman–Crippen MR) is 107 cm³/mol. The molecule has 1 aliphatic carbocycles. The highest BCUT2D eigenvalue weighted by Crippen LogP contribution is 2.33. The number of rotatable bonds is 3. The summed E-state index contributed by atoms with van der Waals surface area (Å²) in [5, 5.41) is 3.00. The maximum Gasteiger partial charge on any atom is 0.256 e. The van der Waals surface area contributed by atoms with E-state index in [1.165, 1.54) is 19.3 Å². The van der Waals surface area contributed by atoms with Gasteiger partial charge >= 0.3 is 0 Å². The first-order valence-electron chi connectivity index (χ1n) is 9.86. The van der Waals surface area contributed by atoms with Crippen molar-refractivity contribution in [3.63, 3.8) is 0 Å². The lowest BCUT2D eigenvalue weighted by Gasteiger charge is -2.30. The molecule has 2 aromatic rings. The molecule has 0 spiro atoms. The molecule has 0 bridgehead atoms. The molecule has 27 heavy (non-hydrogen) atoms. The molecule has 1 heterocycles. The lowest BCUT2D eigenvalue weighted by Crippen LogP contribution is -2.37. The first-order valence-corrected chi connectivity index (χ1v) is 9.86. The molecule has 4 rings (SSSR count). The molecule has 0 unspecified atom stereocenters. The summed E-state index contributed by atoms with van der Waals surface area (Å²) in [6, 6.07) is 11.9. The number of aryl methyl sites for hydroxylation is 2. The van der Waals surface area contributed by atoms with Crippen molar-refractivity contribution in [2.45, 2.75) is 58.5 Å². The van der Waals surface area contributed by atoms with Crippen LogP contribution in [0.15, 0.2) is 36.4 Å². The van der Waals surface area contributed by atoms with E-state index < -0.39 is 0 Å². The van der Waals surface area contributed by atoms with Crippen LogP contribution in [0.1, 0.15) is 69.5 Å². The highest BCUT2D eigenvalue weighted by molar-refractivity contribution is 6.14. The minimum atomic E-state index is -0.209. The maximum absolute atomic E-state index is 13.1. The Morgan fingerprint density at radius 1 is 1.07 bits per heavy atom. The Labute approximate surface area is 160 Å². The molecular weight excluding hydrogens is 336 g/mol. The highest BCUT2D eigenvalue weighted by Gasteiger charge is 2.36. The van der Waals surface area contributed by atoms with E-state index in [1.807, 2.05) is 49.1 Å². The van der Waals surface area contributed by atoms with Crippen molar-refractivity contribution < 1.29 is 9.59 Å². The smallest absolute Gasteiger partial charge is 0.256 e. The Balaban J connectivity index is 1.61. The summed E-state index contributed by atoms with van der Waals surface area (Å²) in [7, 11) is 0. The van der Waals surface area contributed by atoms with Crippen molar-refractivity contribution in [3.05, 3.63) is 64.2 Å². The van der Waals surface area contributed by atoms with Gasteiger partial charge in [-0.3, -0.25) is 9.59 Å². The fourth-order valence-electron chi connectivity index (χ4n) is 4.32. The first-order chi connectivity index (χ1) is 13.0. The second-order valence-electron chi connectivity index (χ2n) is 7.84. The Kier molecular flexibility index (Phi) is 4.73. The Bertz CT molecular complexity index is 897. The van der Waals surface area contributed by atoms with Crippen LogP contribution in [-0.2, 0) is 6.54 Å². The average molecular weight is 362 g/mol. The van der Waals surface area contributed by atoms with E-state index in [4.69, 9.17) is 0 Å². The molecule has 2 amide bonds. The SMILES string of the molecule is Cc1ccc(C)c(NC(=O)c2cccc3c2C(=O)N(C2CCCCC2)C3)c1. The zero-order valence-corrected chi connectivity index (χ0v) is 16.0. The number of fused-ring (bicyclic) bond motifs is 1. The number of carbonyl (C=O) groups is 2. The summed E-state index contributed by atoms with van der Waals surface area (Å²) >= 11 is 0. The van der Waals surface area contributed by atoms with Gasteiger partial charge in [-0.05, 0) is 55.5 Å². The fourth-order valence-corrected chi connectivity index (χ4v) is 4.32. The largest absolute Gasteiger partial charge is 0.331 e. The summed E-state index contributed by atoms with van der Waals surface area (Å²) in [6.07, 6.45) is 5.78. The van der Waals surface area contributed by atoms with Gasteiger partial charge in [-0.25, -0.2) is 0 Å². The Hall–Kier alpha value is -2.62. The number of nitrogens with one attached hydrogen (secondary N) is 1. The lowest BCUT2D eigenvalue weighted by atomic mass is 9.94. The van der Waals surface area contributed by atoms with E-state index in [1.54, 1.807) is 6.07 Å². The normalized spacial score (nSPS) is 17.1. The molecule has 0 radical (unpaired) electrons. The van der Waals surface area contributed by atoms with E-state index in [0.717, 1.165) is 35.2 Å². The monoisotopic (exact) mass is 362 g/mol. The number of benzene rings is 2. The van der Waals surface area contributed by atoms with Crippen LogP contribution in [-0.4, -0.2) is 22.8 Å². The van der Waals surface area contributed by atoms with Gasteiger partial charge in [0.1, 0.15) is 0 Å². The van der Waals surface area contributed by atoms with Crippen LogP contribution in [0.25, 0.3) is 0 Å². The van der Waals surface area contributed by atoms with Gasteiger partial charge in [-0.2, -0.15) is 0 Å². The third-order valence-corrected chi connectivity index (χ3v) is 5.87. The van der Waals surface area contributed by atoms with Crippen molar-refractivity contribution in [2.75, 3.05) is 5.32 Å². The van der Waals surface area contributed by atoms with Crippen LogP contribution in [0, 0.1) is 13.8 Å². The number of hydrogen-bond donors (Lipinski definition) is 1. The summed E-state index contributed by atoms with van der Waals surface area (Å²) in [6.45, 7) is 4.60. The van der Waals surface area contributed by atoms with Gasteiger partial charge in [0.05, 0.1) is 11.1 Å². The third-order valence-electron chi connectivity index (χ3n) is 5.87. The first kappa shape index (κ1) is 17.8. The van der Waals surface area contributed by atoms with Crippen LogP contribution in [0.4, 0.5) is 5.69 Å². The molecule has 2 aliphatic rings. The van der Waals surface area contributed by atoms with Crippen LogP contribution in [0.3, 0.4) is 0 Å². The molecule has 1 aliphatic heterocycles. The molecule has 1 fully saturated rings. The van der Waals surface area contributed by atoms with Gasteiger partial charge in [-0.15, -0.1) is 0 Å². The lowest BCUT2D eigenvalue weighted by molar-refractivity contribution is 0.0657.